The number of rotatable bonds is 4. The monoisotopic (exact) mass is 436 g/mol. The van der Waals surface area contributed by atoms with E-state index >= 15 is 0 Å². The number of nitrogens with zero attached hydrogens (tertiary/aromatic N) is 3. The fraction of sp³-hybridized carbons (Fsp3) is 0.304. The first-order valence-electron chi connectivity index (χ1n) is 10.5. The van der Waals surface area contributed by atoms with E-state index in [-0.39, 0.29) is 22.7 Å². The van der Waals surface area contributed by atoms with E-state index in [4.69, 9.17) is 10.5 Å². The lowest BCUT2D eigenvalue weighted by molar-refractivity contribution is 0.0248. The molecule has 32 heavy (non-hydrogen) atoms. The van der Waals surface area contributed by atoms with Crippen LogP contribution in [0.15, 0.2) is 41.2 Å². The number of aromatic nitrogens is 3. The maximum atomic E-state index is 14.4. The molecule has 5 rings (SSSR count). The van der Waals surface area contributed by atoms with E-state index in [9.17, 15) is 9.18 Å². The molecule has 1 aliphatic heterocycles. The highest BCUT2D eigenvalue weighted by atomic mass is 19.1. The molecule has 1 aliphatic rings. The fourth-order valence-corrected chi connectivity index (χ4v) is 4.35. The molecule has 0 bridgehead atoms. The highest BCUT2D eigenvalue weighted by Crippen LogP contribution is 2.31. The second-order valence-corrected chi connectivity index (χ2v) is 8.39. The molecular formula is C23H25FN6O2. The first-order valence-corrected chi connectivity index (χ1v) is 10.5. The van der Waals surface area contributed by atoms with Gasteiger partial charge in [0.05, 0.1) is 40.3 Å². The minimum absolute atomic E-state index is 0.0702. The Morgan fingerprint density at radius 3 is 2.91 bits per heavy atom. The summed E-state index contributed by atoms with van der Waals surface area (Å²) in [7, 11) is 4.07. The van der Waals surface area contributed by atoms with Crippen LogP contribution in [0, 0.1) is 5.82 Å². The lowest BCUT2D eigenvalue weighted by Crippen LogP contribution is -2.46. The molecule has 8 nitrogen and oxygen atoms in total. The number of nitrogen functional groups attached to an aromatic ring is 1. The summed E-state index contributed by atoms with van der Waals surface area (Å²) in [5, 5.41) is 0.184. The number of fused-ring (bicyclic) bond motifs is 2. The third-order valence-electron chi connectivity index (χ3n) is 5.80. The number of aromatic amines is 2. The molecule has 1 unspecified atom stereocenters. The quantitative estimate of drug-likeness (QED) is 0.454. The van der Waals surface area contributed by atoms with E-state index in [1.165, 1.54) is 12.1 Å². The van der Waals surface area contributed by atoms with Crippen LogP contribution in [0.3, 0.4) is 0 Å². The Kier molecular flexibility index (Phi) is 5.07. The summed E-state index contributed by atoms with van der Waals surface area (Å²) in [6.07, 6.45) is 0.137. The third-order valence-corrected chi connectivity index (χ3v) is 5.80. The topological polar surface area (TPSA) is 103 Å². The summed E-state index contributed by atoms with van der Waals surface area (Å²) in [6, 6.07) is 10.4. The van der Waals surface area contributed by atoms with Gasteiger partial charge in [-0.05, 0) is 44.4 Å². The molecule has 166 valence electrons. The highest BCUT2D eigenvalue weighted by Gasteiger charge is 2.22. The summed E-state index contributed by atoms with van der Waals surface area (Å²) < 4.78 is 20.3. The van der Waals surface area contributed by atoms with Crippen molar-refractivity contribution in [3.8, 4) is 11.4 Å². The van der Waals surface area contributed by atoms with Gasteiger partial charge in [0.25, 0.3) is 5.56 Å². The molecule has 1 saturated heterocycles. The number of anilines is 2. The molecule has 0 aliphatic carbocycles. The van der Waals surface area contributed by atoms with E-state index in [1.807, 2.05) is 32.3 Å². The summed E-state index contributed by atoms with van der Waals surface area (Å²) in [5.74, 6) is -0.177. The molecule has 4 aromatic rings. The van der Waals surface area contributed by atoms with Crippen LogP contribution in [0.4, 0.5) is 15.8 Å². The third kappa shape index (κ3) is 3.59. The smallest absolute Gasteiger partial charge is 0.261 e. The maximum Gasteiger partial charge on any atom is 0.261 e. The van der Waals surface area contributed by atoms with Crippen molar-refractivity contribution in [2.24, 2.45) is 0 Å². The lowest BCUT2D eigenvalue weighted by atomic mass is 10.1. The lowest BCUT2D eigenvalue weighted by Gasteiger charge is -2.35. The summed E-state index contributed by atoms with van der Waals surface area (Å²) >= 11 is 0. The van der Waals surface area contributed by atoms with Crippen molar-refractivity contribution >= 4 is 33.3 Å². The van der Waals surface area contributed by atoms with Gasteiger partial charge in [0, 0.05) is 25.3 Å². The van der Waals surface area contributed by atoms with E-state index in [0.29, 0.717) is 23.5 Å². The molecule has 1 fully saturated rings. The normalized spacial score (nSPS) is 17.0. The summed E-state index contributed by atoms with van der Waals surface area (Å²) in [5.41, 5.74) is 8.90. The van der Waals surface area contributed by atoms with Crippen LogP contribution in [0.5, 0.6) is 0 Å². The number of nitrogens with one attached hydrogen (secondary N) is 2. The molecule has 0 amide bonds. The Bertz CT molecular complexity index is 1360. The predicted molar refractivity (Wildman–Crippen MR) is 125 cm³/mol. The van der Waals surface area contributed by atoms with Gasteiger partial charge in [0.1, 0.15) is 17.2 Å². The van der Waals surface area contributed by atoms with Crippen molar-refractivity contribution in [2.75, 3.05) is 51.0 Å². The largest absolute Gasteiger partial charge is 0.397 e. The van der Waals surface area contributed by atoms with Gasteiger partial charge in [0.2, 0.25) is 0 Å². The number of ether oxygens (including phenoxy) is 1. The molecule has 0 saturated carbocycles. The van der Waals surface area contributed by atoms with Crippen LogP contribution in [0.2, 0.25) is 0 Å². The number of nitrogens with two attached hydrogens (primary N) is 1. The highest BCUT2D eigenvalue weighted by molar-refractivity contribution is 5.98. The number of hydrogen-bond acceptors (Lipinski definition) is 6. The first-order chi connectivity index (χ1) is 15.4. The Labute approximate surface area is 183 Å². The number of morpholine rings is 1. The second-order valence-electron chi connectivity index (χ2n) is 8.39. The van der Waals surface area contributed by atoms with Gasteiger partial charge in [-0.3, -0.25) is 4.79 Å². The standard InChI is InChI=1S/C23H25FN6O2/c1-29(2)11-14-12-30(8-9-32-14)13-6-7-16-18(10-13)27-22(26-16)20-21(25)19-15(24)4-3-5-17(19)28-23(20)31/h3-7,10,14H,8-9,11-12H2,1-2H3,(H,26,27)(H3,25,28,31). The van der Waals surface area contributed by atoms with Crippen molar-refractivity contribution < 1.29 is 9.13 Å². The van der Waals surface area contributed by atoms with E-state index < -0.39 is 11.4 Å². The molecule has 9 heteroatoms. The summed E-state index contributed by atoms with van der Waals surface area (Å²) in [4.78, 5) is 27.6. The van der Waals surface area contributed by atoms with Crippen molar-refractivity contribution in [3.63, 3.8) is 0 Å². The van der Waals surface area contributed by atoms with E-state index in [1.54, 1.807) is 6.07 Å². The fourth-order valence-electron chi connectivity index (χ4n) is 4.35. The minimum Gasteiger partial charge on any atom is -0.397 e. The van der Waals surface area contributed by atoms with Crippen LogP contribution in [-0.2, 0) is 4.74 Å². The van der Waals surface area contributed by atoms with Crippen molar-refractivity contribution in [2.45, 2.75) is 6.10 Å². The number of halogens is 1. The Balaban J connectivity index is 1.53. The van der Waals surface area contributed by atoms with Crippen LogP contribution in [0.1, 0.15) is 0 Å². The van der Waals surface area contributed by atoms with Crippen LogP contribution in [0.25, 0.3) is 33.3 Å². The van der Waals surface area contributed by atoms with E-state index in [2.05, 4.69) is 24.8 Å². The molecular weight excluding hydrogens is 411 g/mol. The van der Waals surface area contributed by atoms with Crippen LogP contribution < -0.4 is 16.2 Å². The zero-order valence-electron chi connectivity index (χ0n) is 18.0. The number of imidazole rings is 1. The van der Waals surface area contributed by atoms with Gasteiger partial charge in [-0.2, -0.15) is 0 Å². The van der Waals surface area contributed by atoms with Crippen LogP contribution >= 0.6 is 0 Å². The molecule has 4 N–H and O–H groups in total. The van der Waals surface area contributed by atoms with Crippen LogP contribution in [-0.4, -0.2) is 66.3 Å². The SMILES string of the molecule is CN(C)CC1CN(c2ccc3nc(-c4c(N)c5c(F)cccc5[nH]c4=O)[nH]c3c2)CCO1. The number of pyridine rings is 1. The van der Waals surface area contributed by atoms with Crippen molar-refractivity contribution in [1.29, 1.82) is 0 Å². The molecule has 0 spiro atoms. The number of H-pyrrole nitrogens is 2. The number of hydrogen-bond donors (Lipinski definition) is 3. The van der Waals surface area contributed by atoms with E-state index in [0.717, 1.165) is 30.8 Å². The molecule has 2 aromatic carbocycles. The molecule has 1 atom stereocenters. The number of likely N-dealkylation sites (N-methyl/N-ethyl adjacent to an activating group) is 1. The molecule has 0 radical (unpaired) electrons. The summed E-state index contributed by atoms with van der Waals surface area (Å²) in [6.45, 7) is 3.11. The van der Waals surface area contributed by atoms with Gasteiger partial charge in [-0.25, -0.2) is 9.37 Å². The maximum absolute atomic E-state index is 14.4. The van der Waals surface area contributed by atoms with Gasteiger partial charge >= 0.3 is 0 Å². The predicted octanol–water partition coefficient (Wildman–Crippen LogP) is 2.56. The Hall–Kier alpha value is -3.43. The zero-order chi connectivity index (χ0) is 22.4. The molecule has 2 aromatic heterocycles. The minimum atomic E-state index is -0.490. The Morgan fingerprint density at radius 2 is 2.09 bits per heavy atom. The number of benzene rings is 2. The average molecular weight is 436 g/mol. The average Bonchev–Trinajstić information content (AvgIpc) is 3.16. The van der Waals surface area contributed by atoms with Gasteiger partial charge in [0.15, 0.2) is 0 Å². The van der Waals surface area contributed by atoms with Crippen molar-refractivity contribution in [3.05, 3.63) is 52.6 Å². The Morgan fingerprint density at radius 1 is 1.25 bits per heavy atom. The van der Waals surface area contributed by atoms with Gasteiger partial charge in [-0.1, -0.05) is 6.07 Å². The zero-order valence-corrected chi connectivity index (χ0v) is 18.0. The molecule has 3 heterocycles. The first kappa shape index (κ1) is 20.5. The van der Waals surface area contributed by atoms with Gasteiger partial charge < -0.3 is 30.2 Å². The second kappa shape index (κ2) is 7.92. The van der Waals surface area contributed by atoms with Gasteiger partial charge in [-0.15, -0.1) is 0 Å². The van der Waals surface area contributed by atoms with Crippen molar-refractivity contribution in [1.82, 2.24) is 19.9 Å².